The van der Waals surface area contributed by atoms with E-state index >= 15 is 0 Å². The van der Waals surface area contributed by atoms with Crippen molar-refractivity contribution in [2.75, 3.05) is 19.8 Å². The standard InChI is InChI=1S/C33H52O4.2H3O4P/c1-28(2,3)22-13-15-24(26(17-22)30(7,8)9)33(37,32(19-34,20-35)21-36)25-16-14-23(29(4,5)6)18-27(25)31(10,11)12;2*1-5(2,3)4/h13-18,34-37H,19-21H2,1-12H3;2*(H3,1,2,3,4). The SMILES string of the molecule is CC(C)(C)c1ccc(C(O)(c2ccc(C(C)(C)C)cc2C(C)(C)C)C(CO)(CO)CO)c(C(C)(C)C)c1.O=P(O)(O)O.O=P(O)(O)O. The van der Waals surface area contributed by atoms with Crippen LogP contribution in [0.5, 0.6) is 0 Å². The van der Waals surface area contributed by atoms with Crippen LogP contribution in [0.25, 0.3) is 0 Å². The van der Waals surface area contributed by atoms with E-state index in [1.165, 1.54) is 0 Å². The van der Waals surface area contributed by atoms with Crippen molar-refractivity contribution < 1.29 is 58.9 Å². The second-order valence-corrected chi connectivity index (χ2v) is 18.1. The van der Waals surface area contributed by atoms with Crippen LogP contribution in [0.2, 0.25) is 0 Å². The number of benzene rings is 2. The molecule has 0 saturated heterocycles. The van der Waals surface area contributed by atoms with Crippen molar-refractivity contribution in [3.8, 4) is 0 Å². The zero-order chi connectivity index (χ0) is 37.8. The summed E-state index contributed by atoms with van der Waals surface area (Å²) < 4.78 is 17.8. The average molecular weight is 709 g/mol. The van der Waals surface area contributed by atoms with Crippen LogP contribution in [-0.2, 0) is 36.4 Å². The molecule has 10 N–H and O–H groups in total. The monoisotopic (exact) mass is 708 g/mol. The zero-order valence-electron chi connectivity index (χ0n) is 29.8. The van der Waals surface area contributed by atoms with Crippen molar-refractivity contribution in [3.05, 3.63) is 69.8 Å². The van der Waals surface area contributed by atoms with Crippen molar-refractivity contribution in [3.63, 3.8) is 0 Å². The second kappa shape index (κ2) is 15.6. The Morgan fingerprint density at radius 1 is 0.468 bits per heavy atom. The van der Waals surface area contributed by atoms with Crippen molar-refractivity contribution >= 4 is 15.6 Å². The highest BCUT2D eigenvalue weighted by Crippen LogP contribution is 2.51. The molecule has 0 atom stereocenters. The summed E-state index contributed by atoms with van der Waals surface area (Å²) in [4.78, 5) is 43.1. The van der Waals surface area contributed by atoms with Crippen molar-refractivity contribution in [1.29, 1.82) is 0 Å². The predicted octanol–water partition coefficient (Wildman–Crippen LogP) is 4.22. The third-order valence-electron chi connectivity index (χ3n) is 7.84. The quantitative estimate of drug-likeness (QED) is 0.190. The molecule has 0 aliphatic rings. The van der Waals surface area contributed by atoms with E-state index in [-0.39, 0.29) is 21.7 Å². The molecular weight excluding hydrogens is 650 g/mol. The van der Waals surface area contributed by atoms with Gasteiger partial charge in [0.1, 0.15) is 5.60 Å². The van der Waals surface area contributed by atoms with Crippen LogP contribution in [0.15, 0.2) is 36.4 Å². The molecule has 47 heavy (non-hydrogen) atoms. The van der Waals surface area contributed by atoms with Crippen LogP contribution >= 0.6 is 15.6 Å². The molecule has 0 spiro atoms. The van der Waals surface area contributed by atoms with Crippen LogP contribution in [0.1, 0.15) is 116 Å². The molecule has 0 aliphatic heterocycles. The van der Waals surface area contributed by atoms with Crippen LogP contribution in [0.4, 0.5) is 0 Å². The highest BCUT2D eigenvalue weighted by atomic mass is 31.2. The molecule has 12 nitrogen and oxygen atoms in total. The van der Waals surface area contributed by atoms with Crippen LogP contribution in [-0.4, -0.2) is 69.6 Å². The maximum atomic E-state index is 13.1. The summed E-state index contributed by atoms with van der Waals surface area (Å²) in [6.45, 7) is 23.8. The molecule has 2 rings (SSSR count). The van der Waals surface area contributed by atoms with Crippen molar-refractivity contribution in [2.24, 2.45) is 5.41 Å². The smallest absolute Gasteiger partial charge is 0.395 e. The molecule has 2 aromatic carbocycles. The highest BCUT2D eigenvalue weighted by molar-refractivity contribution is 7.45. The first-order valence-electron chi connectivity index (χ1n) is 15.0. The summed E-state index contributed by atoms with van der Waals surface area (Å²) in [5, 5.41) is 45.2. The normalized spacial score (nSPS) is 13.7. The molecule has 0 aromatic heterocycles. The molecule has 0 amide bonds. The molecule has 0 aliphatic carbocycles. The number of hydrogen-bond acceptors (Lipinski definition) is 6. The number of phosphoric acid groups is 2. The summed E-state index contributed by atoms with van der Waals surface area (Å²) in [6, 6.07) is 12.2. The van der Waals surface area contributed by atoms with E-state index in [0.29, 0.717) is 11.1 Å². The Bertz CT molecular complexity index is 1290. The van der Waals surface area contributed by atoms with Gasteiger partial charge in [0.05, 0.1) is 25.2 Å². The molecule has 0 unspecified atom stereocenters. The van der Waals surface area contributed by atoms with Crippen molar-refractivity contribution in [2.45, 2.75) is 110 Å². The molecular formula is C33H58O12P2. The fourth-order valence-corrected chi connectivity index (χ4v) is 5.10. The summed E-state index contributed by atoms with van der Waals surface area (Å²) in [6.07, 6.45) is 0. The summed E-state index contributed by atoms with van der Waals surface area (Å²) in [5.41, 5.74) is 0.863. The fourth-order valence-electron chi connectivity index (χ4n) is 5.10. The molecule has 2 aromatic rings. The zero-order valence-corrected chi connectivity index (χ0v) is 31.6. The Morgan fingerprint density at radius 2 is 0.702 bits per heavy atom. The lowest BCUT2D eigenvalue weighted by atomic mass is 9.60. The Kier molecular flexibility index (Phi) is 15.1. The van der Waals surface area contributed by atoms with Gasteiger partial charge in [-0.3, -0.25) is 0 Å². The van der Waals surface area contributed by atoms with E-state index < -0.39 is 46.5 Å². The van der Waals surface area contributed by atoms with Gasteiger partial charge in [-0.1, -0.05) is 119 Å². The minimum absolute atomic E-state index is 0.108. The van der Waals surface area contributed by atoms with Crippen LogP contribution in [0.3, 0.4) is 0 Å². The molecule has 0 heterocycles. The van der Waals surface area contributed by atoms with E-state index in [2.05, 4.69) is 95.2 Å². The van der Waals surface area contributed by atoms with Gasteiger partial charge in [-0.15, -0.1) is 0 Å². The largest absolute Gasteiger partial charge is 0.466 e. The Morgan fingerprint density at radius 3 is 0.872 bits per heavy atom. The Balaban J connectivity index is 0.00000184. The Labute approximate surface area is 279 Å². The number of hydrogen-bond donors (Lipinski definition) is 10. The van der Waals surface area contributed by atoms with E-state index in [1.54, 1.807) is 0 Å². The number of aliphatic hydroxyl groups is 4. The van der Waals surface area contributed by atoms with E-state index in [9.17, 15) is 20.4 Å². The first-order chi connectivity index (χ1) is 20.6. The average Bonchev–Trinajstić information content (AvgIpc) is 2.85. The lowest BCUT2D eigenvalue weighted by Crippen LogP contribution is -2.55. The third kappa shape index (κ3) is 13.0. The molecule has 272 valence electrons. The molecule has 14 heteroatoms. The van der Waals surface area contributed by atoms with Gasteiger partial charge in [0.25, 0.3) is 0 Å². The minimum Gasteiger partial charge on any atom is -0.395 e. The maximum Gasteiger partial charge on any atom is 0.466 e. The van der Waals surface area contributed by atoms with Gasteiger partial charge >= 0.3 is 15.6 Å². The van der Waals surface area contributed by atoms with Crippen LogP contribution < -0.4 is 0 Å². The third-order valence-corrected chi connectivity index (χ3v) is 7.84. The van der Waals surface area contributed by atoms with Gasteiger partial charge in [0, 0.05) is 0 Å². The van der Waals surface area contributed by atoms with Gasteiger partial charge in [0.2, 0.25) is 0 Å². The van der Waals surface area contributed by atoms with Gasteiger partial charge < -0.3 is 49.8 Å². The van der Waals surface area contributed by atoms with Gasteiger partial charge in [-0.25, -0.2) is 9.13 Å². The molecule has 0 fully saturated rings. The van der Waals surface area contributed by atoms with E-state index in [4.69, 9.17) is 38.5 Å². The minimum atomic E-state index is -4.64. The molecule has 0 saturated carbocycles. The lowest BCUT2D eigenvalue weighted by Gasteiger charge is -2.49. The number of aliphatic hydroxyl groups excluding tert-OH is 3. The topological polar surface area (TPSA) is 236 Å². The fraction of sp³-hybridized carbons (Fsp3) is 0.636. The van der Waals surface area contributed by atoms with Crippen molar-refractivity contribution in [1.82, 2.24) is 0 Å². The highest BCUT2D eigenvalue weighted by Gasteiger charge is 2.55. The van der Waals surface area contributed by atoms with Crippen LogP contribution in [0, 0.1) is 5.41 Å². The first-order valence-corrected chi connectivity index (χ1v) is 18.2. The number of rotatable bonds is 6. The van der Waals surface area contributed by atoms with Gasteiger partial charge in [0.15, 0.2) is 0 Å². The molecule has 0 bridgehead atoms. The first kappa shape index (κ1) is 45.5. The van der Waals surface area contributed by atoms with E-state index in [0.717, 1.165) is 22.3 Å². The second-order valence-electron chi connectivity index (χ2n) is 16.0. The summed E-state index contributed by atoms with van der Waals surface area (Å²) >= 11 is 0. The van der Waals surface area contributed by atoms with Gasteiger partial charge in [-0.05, 0) is 55.0 Å². The summed E-state index contributed by atoms with van der Waals surface area (Å²) in [5.74, 6) is 0. The van der Waals surface area contributed by atoms with Gasteiger partial charge in [-0.2, -0.15) is 0 Å². The predicted molar refractivity (Wildman–Crippen MR) is 183 cm³/mol. The Hall–Kier alpha value is -1.50. The summed E-state index contributed by atoms with van der Waals surface area (Å²) in [7, 11) is -9.28. The maximum absolute atomic E-state index is 13.1. The lowest BCUT2D eigenvalue weighted by molar-refractivity contribution is -0.137. The van der Waals surface area contributed by atoms with E-state index in [1.807, 2.05) is 24.3 Å². The molecule has 0 radical (unpaired) electrons.